The van der Waals surface area contributed by atoms with E-state index in [1.54, 1.807) is 0 Å². The van der Waals surface area contributed by atoms with Crippen molar-refractivity contribution in [3.63, 3.8) is 0 Å². The van der Waals surface area contributed by atoms with Gasteiger partial charge < -0.3 is 5.41 Å². The van der Waals surface area contributed by atoms with Crippen LogP contribution in [0, 0.1) is 10.8 Å². The average Bonchev–Trinajstić information content (AvgIpc) is 2.22. The van der Waals surface area contributed by atoms with Crippen LogP contribution in [0.2, 0.25) is 0 Å². The third kappa shape index (κ3) is 2.29. The zero-order chi connectivity index (χ0) is 13.4. The Labute approximate surface area is 106 Å². The van der Waals surface area contributed by atoms with Crippen molar-refractivity contribution in [2.75, 3.05) is 0 Å². The van der Waals surface area contributed by atoms with E-state index in [0.29, 0.717) is 5.71 Å². The molecule has 0 unspecified atom stereocenters. The smallest absolute Gasteiger partial charge is 0.0601 e. The number of hydrogen-bond donors (Lipinski definition) is 1. The zero-order valence-electron chi connectivity index (χ0n) is 12.3. The first-order valence-electron chi connectivity index (χ1n) is 6.39. The van der Waals surface area contributed by atoms with E-state index in [4.69, 9.17) is 5.41 Å². The Hall–Kier alpha value is -1.11. The van der Waals surface area contributed by atoms with E-state index in [2.05, 4.69) is 54.5 Å². The van der Waals surface area contributed by atoms with Crippen molar-refractivity contribution >= 4 is 5.71 Å². The van der Waals surface area contributed by atoms with Gasteiger partial charge in [-0.2, -0.15) is 0 Å². The standard InChI is InChI=1S/C16H25N/c1-8-13-11(4)15(17)12(5)14(9-10(2)3)16(13,6)7/h9,17H,8H2,1-7H3. The van der Waals surface area contributed by atoms with Crippen LogP contribution in [0.5, 0.6) is 0 Å². The Balaban J connectivity index is 3.49. The lowest BCUT2D eigenvalue weighted by molar-refractivity contribution is 0.521. The van der Waals surface area contributed by atoms with Gasteiger partial charge in [-0.25, -0.2) is 0 Å². The first kappa shape index (κ1) is 14.0. The van der Waals surface area contributed by atoms with Crippen molar-refractivity contribution < 1.29 is 0 Å². The van der Waals surface area contributed by atoms with E-state index in [9.17, 15) is 0 Å². The highest BCUT2D eigenvalue weighted by atomic mass is 14.5. The summed E-state index contributed by atoms with van der Waals surface area (Å²) in [6.45, 7) is 15.2. The third-order valence-corrected chi connectivity index (χ3v) is 3.82. The van der Waals surface area contributed by atoms with Gasteiger partial charge in [0.05, 0.1) is 5.71 Å². The Morgan fingerprint density at radius 2 is 1.71 bits per heavy atom. The molecular weight excluding hydrogens is 206 g/mol. The van der Waals surface area contributed by atoms with Gasteiger partial charge in [0.15, 0.2) is 0 Å². The molecule has 0 saturated carbocycles. The minimum Gasteiger partial charge on any atom is -0.300 e. The zero-order valence-corrected chi connectivity index (χ0v) is 12.3. The highest BCUT2D eigenvalue weighted by molar-refractivity contribution is 6.12. The molecule has 0 radical (unpaired) electrons. The van der Waals surface area contributed by atoms with Crippen molar-refractivity contribution in [1.82, 2.24) is 0 Å². The molecular formula is C16H25N. The average molecular weight is 231 g/mol. The van der Waals surface area contributed by atoms with Crippen molar-refractivity contribution in [1.29, 1.82) is 5.41 Å². The molecule has 0 aliphatic heterocycles. The fourth-order valence-electron chi connectivity index (χ4n) is 2.95. The van der Waals surface area contributed by atoms with Crippen molar-refractivity contribution in [3.05, 3.63) is 33.9 Å². The van der Waals surface area contributed by atoms with Crippen LogP contribution in [-0.2, 0) is 0 Å². The summed E-state index contributed by atoms with van der Waals surface area (Å²) < 4.78 is 0. The second kappa shape index (κ2) is 4.64. The Bertz CT molecular complexity index is 438. The topological polar surface area (TPSA) is 23.9 Å². The van der Waals surface area contributed by atoms with Crippen LogP contribution in [-0.4, -0.2) is 5.71 Å². The predicted molar refractivity (Wildman–Crippen MR) is 76.6 cm³/mol. The van der Waals surface area contributed by atoms with Crippen molar-refractivity contribution in [2.24, 2.45) is 5.41 Å². The molecule has 1 nitrogen and oxygen atoms in total. The second-order valence-corrected chi connectivity index (χ2v) is 5.72. The SMILES string of the molecule is CCC1=C(C)C(=N)C(C)=C(C=C(C)C)C1(C)C. The molecule has 17 heavy (non-hydrogen) atoms. The van der Waals surface area contributed by atoms with Gasteiger partial charge in [-0.05, 0) is 50.8 Å². The predicted octanol–water partition coefficient (Wildman–Crippen LogP) is 5.06. The Morgan fingerprint density at radius 1 is 1.18 bits per heavy atom. The van der Waals surface area contributed by atoms with Crippen LogP contribution in [0.4, 0.5) is 0 Å². The first-order valence-corrected chi connectivity index (χ1v) is 6.39. The Kier molecular flexibility index (Phi) is 3.81. The van der Waals surface area contributed by atoms with E-state index in [-0.39, 0.29) is 5.41 Å². The van der Waals surface area contributed by atoms with Gasteiger partial charge in [0.2, 0.25) is 0 Å². The fraction of sp³-hybridized carbons (Fsp3) is 0.562. The van der Waals surface area contributed by atoms with Gasteiger partial charge in [0.25, 0.3) is 0 Å². The maximum Gasteiger partial charge on any atom is 0.0601 e. The van der Waals surface area contributed by atoms with E-state index >= 15 is 0 Å². The van der Waals surface area contributed by atoms with Gasteiger partial charge in [0, 0.05) is 5.41 Å². The van der Waals surface area contributed by atoms with Crippen molar-refractivity contribution in [3.8, 4) is 0 Å². The van der Waals surface area contributed by atoms with E-state index in [1.807, 2.05) is 0 Å². The van der Waals surface area contributed by atoms with Gasteiger partial charge in [0.1, 0.15) is 0 Å². The highest BCUT2D eigenvalue weighted by Gasteiger charge is 2.34. The van der Waals surface area contributed by atoms with E-state index in [1.165, 1.54) is 22.3 Å². The van der Waals surface area contributed by atoms with Gasteiger partial charge in [-0.15, -0.1) is 0 Å². The lowest BCUT2D eigenvalue weighted by atomic mass is 9.67. The maximum atomic E-state index is 8.24. The van der Waals surface area contributed by atoms with Crippen LogP contribution in [0.25, 0.3) is 0 Å². The molecule has 0 saturated heterocycles. The van der Waals surface area contributed by atoms with Crippen LogP contribution in [0.3, 0.4) is 0 Å². The number of nitrogens with one attached hydrogen (secondary N) is 1. The molecule has 0 aromatic carbocycles. The van der Waals surface area contributed by atoms with Gasteiger partial charge in [-0.1, -0.05) is 38.0 Å². The normalized spacial score (nSPS) is 19.8. The lowest BCUT2D eigenvalue weighted by Crippen LogP contribution is -2.27. The van der Waals surface area contributed by atoms with Crippen LogP contribution in [0.15, 0.2) is 33.9 Å². The molecule has 1 aliphatic carbocycles. The molecule has 0 atom stereocenters. The van der Waals surface area contributed by atoms with Crippen LogP contribution in [0.1, 0.15) is 54.9 Å². The quantitative estimate of drug-likeness (QED) is 0.687. The number of hydrogen-bond acceptors (Lipinski definition) is 1. The van der Waals surface area contributed by atoms with Crippen LogP contribution >= 0.6 is 0 Å². The molecule has 0 aromatic rings. The summed E-state index contributed by atoms with van der Waals surface area (Å²) in [7, 11) is 0. The summed E-state index contributed by atoms with van der Waals surface area (Å²) in [4.78, 5) is 0. The monoisotopic (exact) mass is 231 g/mol. The molecule has 1 N–H and O–H groups in total. The number of allylic oxidation sites excluding steroid dienone is 6. The summed E-state index contributed by atoms with van der Waals surface area (Å²) in [6.07, 6.45) is 3.26. The third-order valence-electron chi connectivity index (χ3n) is 3.82. The fourth-order valence-corrected chi connectivity index (χ4v) is 2.95. The Morgan fingerprint density at radius 3 is 2.12 bits per heavy atom. The summed E-state index contributed by atoms with van der Waals surface area (Å²) in [5.74, 6) is 0. The summed E-state index contributed by atoms with van der Waals surface area (Å²) in [5.41, 5.74) is 7.09. The first-order chi connectivity index (χ1) is 7.73. The lowest BCUT2D eigenvalue weighted by Gasteiger charge is -2.37. The molecule has 94 valence electrons. The molecule has 0 aromatic heterocycles. The summed E-state index contributed by atoms with van der Waals surface area (Å²) >= 11 is 0. The number of rotatable bonds is 2. The highest BCUT2D eigenvalue weighted by Crippen LogP contribution is 2.45. The summed E-state index contributed by atoms with van der Waals surface area (Å²) in [6, 6.07) is 0. The summed E-state index contributed by atoms with van der Waals surface area (Å²) in [5, 5.41) is 8.24. The van der Waals surface area contributed by atoms with Gasteiger partial charge in [-0.3, -0.25) is 0 Å². The molecule has 0 spiro atoms. The molecule has 0 bridgehead atoms. The minimum atomic E-state index is 0.0603. The molecule has 0 fully saturated rings. The van der Waals surface area contributed by atoms with Crippen LogP contribution < -0.4 is 0 Å². The maximum absolute atomic E-state index is 8.24. The molecule has 0 heterocycles. The second-order valence-electron chi connectivity index (χ2n) is 5.72. The molecule has 0 amide bonds. The van der Waals surface area contributed by atoms with E-state index in [0.717, 1.165) is 12.0 Å². The minimum absolute atomic E-state index is 0.0603. The van der Waals surface area contributed by atoms with E-state index < -0.39 is 0 Å². The largest absolute Gasteiger partial charge is 0.300 e. The molecule has 1 aliphatic rings. The molecule has 1 heteroatoms. The molecule has 1 rings (SSSR count). The van der Waals surface area contributed by atoms with Crippen molar-refractivity contribution in [2.45, 2.75) is 54.9 Å². The van der Waals surface area contributed by atoms with Gasteiger partial charge >= 0.3 is 0 Å².